The number of hydrogen-bond acceptors (Lipinski definition) is 3. The second-order valence-electron chi connectivity index (χ2n) is 3.70. The van der Waals surface area contributed by atoms with E-state index in [2.05, 4.69) is 26.2 Å². The summed E-state index contributed by atoms with van der Waals surface area (Å²) in [5, 5.41) is 3.68. The zero-order chi connectivity index (χ0) is 13.0. The van der Waals surface area contributed by atoms with Crippen LogP contribution < -0.4 is 10.1 Å². The fraction of sp³-hybridized carbons (Fsp3) is 0.154. The standard InChI is InChI=1S/C13H12BrClN2O/c1-16-7-9-5-13(17-8-12(9)15)18-11-4-2-3-10(14)6-11/h2-6,8,16H,7H2,1H3. The molecule has 0 aliphatic heterocycles. The number of aromatic nitrogens is 1. The summed E-state index contributed by atoms with van der Waals surface area (Å²) in [6.07, 6.45) is 1.60. The fourth-order valence-corrected chi connectivity index (χ4v) is 2.04. The lowest BCUT2D eigenvalue weighted by molar-refractivity contribution is 0.461. The average Bonchev–Trinajstić information content (AvgIpc) is 2.34. The van der Waals surface area contributed by atoms with Crippen LogP contribution in [0.2, 0.25) is 5.02 Å². The number of hydrogen-bond donors (Lipinski definition) is 1. The molecule has 0 aliphatic carbocycles. The monoisotopic (exact) mass is 326 g/mol. The van der Waals surface area contributed by atoms with Crippen molar-refractivity contribution in [2.75, 3.05) is 7.05 Å². The van der Waals surface area contributed by atoms with E-state index in [9.17, 15) is 0 Å². The van der Waals surface area contributed by atoms with Gasteiger partial charge in [-0.1, -0.05) is 33.6 Å². The lowest BCUT2D eigenvalue weighted by atomic mass is 10.2. The fourth-order valence-electron chi connectivity index (χ4n) is 1.49. The quantitative estimate of drug-likeness (QED) is 0.921. The molecule has 1 N–H and O–H groups in total. The first-order valence-corrected chi connectivity index (χ1v) is 6.58. The first-order valence-electron chi connectivity index (χ1n) is 5.41. The molecule has 2 aromatic rings. The van der Waals surface area contributed by atoms with E-state index in [-0.39, 0.29) is 0 Å². The van der Waals surface area contributed by atoms with Crippen LogP contribution in [0.3, 0.4) is 0 Å². The molecule has 0 saturated heterocycles. The number of nitrogens with zero attached hydrogens (tertiary/aromatic N) is 1. The molecular weight excluding hydrogens is 316 g/mol. The minimum Gasteiger partial charge on any atom is -0.439 e. The van der Waals surface area contributed by atoms with Crippen LogP contribution in [0.25, 0.3) is 0 Å². The molecule has 1 heterocycles. The second-order valence-corrected chi connectivity index (χ2v) is 5.03. The Hall–Kier alpha value is -1.10. The Morgan fingerprint density at radius 1 is 1.39 bits per heavy atom. The third kappa shape index (κ3) is 3.45. The molecule has 0 amide bonds. The van der Waals surface area contributed by atoms with Gasteiger partial charge in [-0.05, 0) is 30.8 Å². The Morgan fingerprint density at radius 3 is 2.94 bits per heavy atom. The summed E-state index contributed by atoms with van der Waals surface area (Å²) in [5.41, 5.74) is 0.958. The van der Waals surface area contributed by atoms with Gasteiger partial charge in [0.15, 0.2) is 0 Å². The van der Waals surface area contributed by atoms with E-state index in [1.165, 1.54) is 0 Å². The van der Waals surface area contributed by atoms with Crippen molar-refractivity contribution in [1.82, 2.24) is 10.3 Å². The number of benzene rings is 1. The van der Waals surface area contributed by atoms with Gasteiger partial charge in [0.05, 0.1) is 5.02 Å². The first-order chi connectivity index (χ1) is 8.69. The molecule has 0 radical (unpaired) electrons. The number of pyridine rings is 1. The van der Waals surface area contributed by atoms with Gasteiger partial charge in [-0.25, -0.2) is 4.98 Å². The summed E-state index contributed by atoms with van der Waals surface area (Å²) in [6.45, 7) is 0.677. The SMILES string of the molecule is CNCc1cc(Oc2cccc(Br)c2)ncc1Cl. The van der Waals surface area contributed by atoms with Gasteiger partial charge in [-0.15, -0.1) is 0 Å². The summed E-state index contributed by atoms with van der Waals surface area (Å²) in [5.74, 6) is 1.26. The topological polar surface area (TPSA) is 34.1 Å². The number of halogens is 2. The van der Waals surface area contributed by atoms with Crippen molar-refractivity contribution < 1.29 is 4.74 Å². The molecule has 0 fully saturated rings. The van der Waals surface area contributed by atoms with Crippen LogP contribution in [0.15, 0.2) is 41.0 Å². The molecule has 3 nitrogen and oxygen atoms in total. The molecule has 1 aromatic carbocycles. The molecule has 0 spiro atoms. The van der Waals surface area contributed by atoms with Gasteiger partial charge in [-0.3, -0.25) is 0 Å². The van der Waals surface area contributed by atoms with Crippen LogP contribution in [-0.4, -0.2) is 12.0 Å². The van der Waals surface area contributed by atoms with Crippen LogP contribution in [0.5, 0.6) is 11.6 Å². The lowest BCUT2D eigenvalue weighted by Crippen LogP contribution is -2.06. The van der Waals surface area contributed by atoms with Crippen LogP contribution in [0.1, 0.15) is 5.56 Å². The van der Waals surface area contributed by atoms with Gasteiger partial charge < -0.3 is 10.1 Å². The Balaban J connectivity index is 2.21. The zero-order valence-electron chi connectivity index (χ0n) is 9.78. The molecule has 5 heteroatoms. The van der Waals surface area contributed by atoms with Crippen molar-refractivity contribution in [2.24, 2.45) is 0 Å². The van der Waals surface area contributed by atoms with E-state index in [1.54, 1.807) is 6.20 Å². The Bertz CT molecular complexity index is 548. The highest BCUT2D eigenvalue weighted by molar-refractivity contribution is 9.10. The molecule has 0 atom stereocenters. The highest BCUT2D eigenvalue weighted by Crippen LogP contribution is 2.25. The van der Waals surface area contributed by atoms with E-state index in [1.807, 2.05) is 37.4 Å². The third-order valence-electron chi connectivity index (χ3n) is 2.30. The summed E-state index contributed by atoms with van der Waals surface area (Å²) in [7, 11) is 1.87. The van der Waals surface area contributed by atoms with E-state index in [0.29, 0.717) is 17.4 Å². The molecule has 18 heavy (non-hydrogen) atoms. The van der Waals surface area contributed by atoms with Gasteiger partial charge >= 0.3 is 0 Å². The number of rotatable bonds is 4. The van der Waals surface area contributed by atoms with Gasteiger partial charge in [0.2, 0.25) is 5.88 Å². The van der Waals surface area contributed by atoms with Gasteiger partial charge in [0, 0.05) is 23.3 Å². The van der Waals surface area contributed by atoms with Crippen molar-refractivity contribution in [2.45, 2.75) is 6.54 Å². The van der Waals surface area contributed by atoms with Gasteiger partial charge in [0.1, 0.15) is 5.75 Å². The maximum atomic E-state index is 6.04. The van der Waals surface area contributed by atoms with Crippen molar-refractivity contribution in [3.05, 3.63) is 51.6 Å². The molecule has 0 bridgehead atoms. The summed E-state index contributed by atoms with van der Waals surface area (Å²) in [4.78, 5) is 4.15. The molecule has 0 aliphatic rings. The predicted octanol–water partition coefficient (Wildman–Crippen LogP) is 4.01. The largest absolute Gasteiger partial charge is 0.439 e. The average molecular weight is 328 g/mol. The highest BCUT2D eigenvalue weighted by Gasteiger charge is 2.05. The zero-order valence-corrected chi connectivity index (χ0v) is 12.1. The molecule has 0 unspecified atom stereocenters. The van der Waals surface area contributed by atoms with E-state index < -0.39 is 0 Å². The maximum absolute atomic E-state index is 6.04. The molecule has 1 aromatic heterocycles. The minimum atomic E-state index is 0.530. The van der Waals surface area contributed by atoms with Crippen molar-refractivity contribution in [1.29, 1.82) is 0 Å². The van der Waals surface area contributed by atoms with Crippen molar-refractivity contribution in [3.8, 4) is 11.6 Å². The third-order valence-corrected chi connectivity index (χ3v) is 3.13. The molecule has 0 saturated carbocycles. The molecular formula is C13H12BrClN2O. The summed E-state index contributed by atoms with van der Waals surface area (Å²) < 4.78 is 6.64. The lowest BCUT2D eigenvalue weighted by Gasteiger charge is -2.08. The summed E-state index contributed by atoms with van der Waals surface area (Å²) >= 11 is 9.43. The maximum Gasteiger partial charge on any atom is 0.219 e. The van der Waals surface area contributed by atoms with E-state index in [4.69, 9.17) is 16.3 Å². The van der Waals surface area contributed by atoms with Crippen molar-refractivity contribution >= 4 is 27.5 Å². The highest BCUT2D eigenvalue weighted by atomic mass is 79.9. The molecule has 2 rings (SSSR count). The second kappa shape index (κ2) is 6.18. The van der Waals surface area contributed by atoms with Crippen molar-refractivity contribution in [3.63, 3.8) is 0 Å². The van der Waals surface area contributed by atoms with Gasteiger partial charge in [-0.2, -0.15) is 0 Å². The van der Waals surface area contributed by atoms with Crippen LogP contribution in [-0.2, 0) is 6.54 Å². The first kappa shape index (κ1) is 13.3. The normalized spacial score (nSPS) is 10.4. The van der Waals surface area contributed by atoms with Crippen LogP contribution in [0.4, 0.5) is 0 Å². The van der Waals surface area contributed by atoms with Gasteiger partial charge in [0.25, 0.3) is 0 Å². The predicted molar refractivity (Wildman–Crippen MR) is 76.2 cm³/mol. The van der Waals surface area contributed by atoms with Crippen LogP contribution in [0, 0.1) is 0 Å². The minimum absolute atomic E-state index is 0.530. The Kier molecular flexibility index (Phi) is 4.58. The van der Waals surface area contributed by atoms with Crippen LogP contribution >= 0.6 is 27.5 Å². The number of ether oxygens (including phenoxy) is 1. The number of nitrogens with one attached hydrogen (secondary N) is 1. The Labute approximate surface area is 119 Å². The Morgan fingerprint density at radius 2 is 2.22 bits per heavy atom. The molecule has 94 valence electrons. The van der Waals surface area contributed by atoms with E-state index >= 15 is 0 Å². The smallest absolute Gasteiger partial charge is 0.219 e. The summed E-state index contributed by atoms with van der Waals surface area (Å²) in [6, 6.07) is 9.44. The van der Waals surface area contributed by atoms with E-state index in [0.717, 1.165) is 15.8 Å².